The van der Waals surface area contributed by atoms with Gasteiger partial charge in [-0.3, -0.25) is 18.8 Å². The predicted octanol–water partition coefficient (Wildman–Crippen LogP) is 3.26. The van der Waals surface area contributed by atoms with Crippen LogP contribution in [0, 0.1) is 0 Å². The number of rotatable bonds is 5. The van der Waals surface area contributed by atoms with Gasteiger partial charge >= 0.3 is 0 Å². The molecule has 0 spiro atoms. The van der Waals surface area contributed by atoms with Crippen molar-refractivity contribution in [3.63, 3.8) is 0 Å². The van der Waals surface area contributed by atoms with Gasteiger partial charge in [-0.1, -0.05) is 45.9 Å². The highest BCUT2D eigenvalue weighted by Crippen LogP contribution is 2.25. The van der Waals surface area contributed by atoms with Crippen molar-refractivity contribution < 1.29 is 4.79 Å². The zero-order chi connectivity index (χ0) is 19.0. The van der Waals surface area contributed by atoms with Crippen molar-refractivity contribution in [3.05, 3.63) is 57.8 Å². The van der Waals surface area contributed by atoms with E-state index in [-0.39, 0.29) is 23.8 Å². The second-order valence-electron chi connectivity index (χ2n) is 7.26. The fourth-order valence-corrected chi connectivity index (χ4v) is 3.09. The monoisotopic (exact) mass is 352 g/mol. The zero-order valence-electron chi connectivity index (χ0n) is 15.9. The van der Waals surface area contributed by atoms with Crippen LogP contribution in [0.5, 0.6) is 0 Å². The Labute approximate surface area is 152 Å². The standard InChI is InChI=1S/C20H24N4O2/c1-12(2)14-6-7-15(16(8-14)13(3)4)18(25)10-24-11-21-19-17(20(24)26)9-22-23(19)5/h6-9,11-13H,10H2,1-5H3. The van der Waals surface area contributed by atoms with E-state index in [0.29, 0.717) is 22.5 Å². The number of carbonyl (C=O) groups excluding carboxylic acids is 1. The number of carbonyl (C=O) groups is 1. The maximum Gasteiger partial charge on any atom is 0.264 e. The lowest BCUT2D eigenvalue weighted by atomic mass is 9.90. The normalized spacial score (nSPS) is 11.7. The summed E-state index contributed by atoms with van der Waals surface area (Å²) in [5.41, 5.74) is 3.16. The highest BCUT2D eigenvalue weighted by Gasteiger charge is 2.17. The van der Waals surface area contributed by atoms with Crippen LogP contribution in [0.2, 0.25) is 0 Å². The number of hydrogen-bond acceptors (Lipinski definition) is 4. The van der Waals surface area contributed by atoms with Gasteiger partial charge in [0, 0.05) is 12.6 Å². The van der Waals surface area contributed by atoms with E-state index >= 15 is 0 Å². The highest BCUT2D eigenvalue weighted by molar-refractivity contribution is 5.97. The summed E-state index contributed by atoms with van der Waals surface area (Å²) in [5.74, 6) is 0.538. The fourth-order valence-electron chi connectivity index (χ4n) is 3.09. The van der Waals surface area contributed by atoms with Crippen LogP contribution in [-0.4, -0.2) is 25.1 Å². The second kappa shape index (κ2) is 6.86. The van der Waals surface area contributed by atoms with Crippen LogP contribution in [-0.2, 0) is 13.6 Å². The maximum absolute atomic E-state index is 12.9. The summed E-state index contributed by atoms with van der Waals surface area (Å²) >= 11 is 0. The van der Waals surface area contributed by atoms with E-state index < -0.39 is 0 Å². The van der Waals surface area contributed by atoms with E-state index in [1.165, 1.54) is 22.7 Å². The van der Waals surface area contributed by atoms with Crippen LogP contribution in [0.1, 0.15) is 61.0 Å². The summed E-state index contributed by atoms with van der Waals surface area (Å²) in [6, 6.07) is 5.98. The minimum atomic E-state index is -0.249. The van der Waals surface area contributed by atoms with Crippen molar-refractivity contribution >= 4 is 16.8 Å². The lowest BCUT2D eigenvalue weighted by Gasteiger charge is -2.16. The van der Waals surface area contributed by atoms with Crippen LogP contribution in [0.25, 0.3) is 11.0 Å². The molecule has 6 nitrogen and oxygen atoms in total. The molecule has 0 radical (unpaired) electrons. The summed E-state index contributed by atoms with van der Waals surface area (Å²) < 4.78 is 2.90. The highest BCUT2D eigenvalue weighted by atomic mass is 16.1. The smallest absolute Gasteiger partial charge is 0.264 e. The van der Waals surface area contributed by atoms with Crippen LogP contribution in [0.15, 0.2) is 35.5 Å². The molecule has 2 heterocycles. The second-order valence-corrected chi connectivity index (χ2v) is 7.26. The molecular formula is C20H24N4O2. The third kappa shape index (κ3) is 3.19. The SMILES string of the molecule is CC(C)c1ccc(C(=O)Cn2cnc3c(cnn3C)c2=O)c(C(C)C)c1. The minimum absolute atomic E-state index is 0.0303. The first-order chi connectivity index (χ1) is 12.3. The van der Waals surface area contributed by atoms with Gasteiger partial charge < -0.3 is 0 Å². The quantitative estimate of drug-likeness (QED) is 0.661. The van der Waals surface area contributed by atoms with Gasteiger partial charge in [-0.05, 0) is 23.0 Å². The molecule has 0 unspecified atom stereocenters. The largest absolute Gasteiger partial charge is 0.292 e. The van der Waals surface area contributed by atoms with Crippen LogP contribution in [0.4, 0.5) is 0 Å². The number of aryl methyl sites for hydroxylation is 1. The van der Waals surface area contributed by atoms with Gasteiger partial charge in [-0.15, -0.1) is 0 Å². The van der Waals surface area contributed by atoms with Crippen molar-refractivity contribution in [3.8, 4) is 0 Å². The topological polar surface area (TPSA) is 69.8 Å². The van der Waals surface area contributed by atoms with E-state index in [1.54, 1.807) is 11.7 Å². The van der Waals surface area contributed by atoms with Gasteiger partial charge in [0.05, 0.1) is 12.7 Å². The predicted molar refractivity (Wildman–Crippen MR) is 102 cm³/mol. The molecule has 0 bridgehead atoms. The summed E-state index contributed by atoms with van der Waals surface area (Å²) in [7, 11) is 1.73. The molecule has 0 amide bonds. The van der Waals surface area contributed by atoms with Crippen molar-refractivity contribution in [2.75, 3.05) is 0 Å². The Balaban J connectivity index is 1.98. The molecule has 6 heteroatoms. The van der Waals surface area contributed by atoms with Crippen molar-refractivity contribution in [1.82, 2.24) is 19.3 Å². The average molecular weight is 352 g/mol. The number of ketones is 1. The maximum atomic E-state index is 12.9. The Morgan fingerprint density at radius 2 is 1.88 bits per heavy atom. The molecule has 0 aliphatic rings. The first-order valence-corrected chi connectivity index (χ1v) is 8.83. The Hall–Kier alpha value is -2.76. The molecular weight excluding hydrogens is 328 g/mol. The van der Waals surface area contributed by atoms with Gasteiger partial charge in [0.25, 0.3) is 5.56 Å². The number of Topliss-reactive ketones (excluding diaryl/α,β-unsaturated/α-hetero) is 1. The molecule has 26 heavy (non-hydrogen) atoms. The van der Waals surface area contributed by atoms with Gasteiger partial charge in [0.2, 0.25) is 0 Å². The number of nitrogens with zero attached hydrogens (tertiary/aromatic N) is 4. The first-order valence-electron chi connectivity index (χ1n) is 8.83. The molecule has 0 saturated carbocycles. The number of fused-ring (bicyclic) bond motifs is 1. The molecule has 0 aliphatic heterocycles. The first kappa shape index (κ1) is 18.0. The lowest BCUT2D eigenvalue weighted by Crippen LogP contribution is -2.25. The van der Waals surface area contributed by atoms with Crippen molar-refractivity contribution in [2.45, 2.75) is 46.1 Å². The van der Waals surface area contributed by atoms with E-state index in [0.717, 1.165) is 5.56 Å². The van der Waals surface area contributed by atoms with Gasteiger partial charge in [0.15, 0.2) is 11.4 Å². The van der Waals surface area contributed by atoms with Crippen LogP contribution < -0.4 is 5.56 Å². The lowest BCUT2D eigenvalue weighted by molar-refractivity contribution is 0.0969. The van der Waals surface area contributed by atoms with E-state index in [9.17, 15) is 9.59 Å². The fraction of sp³-hybridized carbons (Fsp3) is 0.400. The van der Waals surface area contributed by atoms with Gasteiger partial charge in [0.1, 0.15) is 11.7 Å². The van der Waals surface area contributed by atoms with E-state index in [1.807, 2.05) is 12.1 Å². The molecule has 1 aromatic carbocycles. The molecule has 136 valence electrons. The van der Waals surface area contributed by atoms with Crippen LogP contribution >= 0.6 is 0 Å². The molecule has 0 saturated heterocycles. The Bertz CT molecular complexity index is 1030. The minimum Gasteiger partial charge on any atom is -0.292 e. The van der Waals surface area contributed by atoms with E-state index in [4.69, 9.17) is 0 Å². The Morgan fingerprint density at radius 3 is 2.54 bits per heavy atom. The third-order valence-electron chi connectivity index (χ3n) is 4.70. The zero-order valence-corrected chi connectivity index (χ0v) is 15.9. The van der Waals surface area contributed by atoms with Gasteiger partial charge in [-0.25, -0.2) is 4.98 Å². The number of benzene rings is 1. The molecule has 3 rings (SSSR count). The molecule has 0 aliphatic carbocycles. The summed E-state index contributed by atoms with van der Waals surface area (Å²) in [6.45, 7) is 8.39. The van der Waals surface area contributed by atoms with Crippen molar-refractivity contribution in [2.24, 2.45) is 7.05 Å². The molecule has 0 atom stereocenters. The molecule has 2 aromatic heterocycles. The summed E-state index contributed by atoms with van der Waals surface area (Å²) in [4.78, 5) is 29.7. The summed E-state index contributed by atoms with van der Waals surface area (Å²) in [5, 5.41) is 4.47. The average Bonchev–Trinajstić information content (AvgIpc) is 2.98. The Morgan fingerprint density at radius 1 is 1.15 bits per heavy atom. The van der Waals surface area contributed by atoms with Crippen molar-refractivity contribution in [1.29, 1.82) is 0 Å². The summed E-state index contributed by atoms with van der Waals surface area (Å²) in [6.07, 6.45) is 2.91. The van der Waals surface area contributed by atoms with E-state index in [2.05, 4.69) is 43.8 Å². The van der Waals surface area contributed by atoms with Crippen LogP contribution in [0.3, 0.4) is 0 Å². The van der Waals surface area contributed by atoms with Gasteiger partial charge in [-0.2, -0.15) is 5.10 Å². The molecule has 0 N–H and O–H groups in total. The Kier molecular flexibility index (Phi) is 4.76. The molecule has 3 aromatic rings. The molecule has 0 fully saturated rings. The number of hydrogen-bond donors (Lipinski definition) is 0. The number of aromatic nitrogens is 4. The third-order valence-corrected chi connectivity index (χ3v) is 4.70.